The van der Waals surface area contributed by atoms with Crippen molar-refractivity contribution in [3.05, 3.63) is 0 Å². The Morgan fingerprint density at radius 1 is 1.33 bits per heavy atom. The first kappa shape index (κ1) is 20.7. The van der Waals surface area contributed by atoms with Crippen molar-refractivity contribution < 1.29 is 14.4 Å². The number of hydrogen-bond donors (Lipinski definition) is 2. The summed E-state index contributed by atoms with van der Waals surface area (Å²) in [5, 5.41) is 2.75. The second-order valence-corrected chi connectivity index (χ2v) is 6.72. The Bertz CT molecular complexity index is 496. The van der Waals surface area contributed by atoms with Gasteiger partial charge in [0.15, 0.2) is 0 Å². The van der Waals surface area contributed by atoms with Crippen molar-refractivity contribution in [3.63, 3.8) is 0 Å². The lowest BCUT2D eigenvalue weighted by atomic mass is 9.92. The maximum absolute atomic E-state index is 12.6. The number of urea groups is 1. The molecule has 2 unspecified atom stereocenters. The van der Waals surface area contributed by atoms with Crippen molar-refractivity contribution in [2.24, 2.45) is 11.7 Å². The van der Waals surface area contributed by atoms with Gasteiger partial charge in [0.05, 0.1) is 0 Å². The van der Waals surface area contributed by atoms with Gasteiger partial charge in [-0.2, -0.15) is 0 Å². The van der Waals surface area contributed by atoms with Crippen LogP contribution < -0.4 is 11.1 Å². The Hall–Kier alpha value is -1.34. The van der Waals surface area contributed by atoms with Crippen LogP contribution in [0.15, 0.2) is 0 Å². The summed E-state index contributed by atoms with van der Waals surface area (Å²) in [5.41, 5.74) is 4.93. The molecule has 0 aromatic heterocycles. The molecule has 0 radical (unpaired) electrons. The molecule has 0 aromatic carbocycles. The number of hydrogen-bond acceptors (Lipinski definition) is 4. The molecule has 0 bridgehead atoms. The van der Waals surface area contributed by atoms with Gasteiger partial charge in [0.1, 0.15) is 12.1 Å². The molecule has 3 N–H and O–H groups in total. The number of imide groups is 1. The molecule has 0 spiro atoms. The molecule has 2 fully saturated rings. The van der Waals surface area contributed by atoms with Crippen molar-refractivity contribution >= 4 is 30.3 Å². The molecule has 2 atom stereocenters. The van der Waals surface area contributed by atoms with E-state index in [0.29, 0.717) is 31.8 Å². The fraction of sp³-hybridized carbons (Fsp3) is 0.812. The monoisotopic (exact) mass is 360 g/mol. The Morgan fingerprint density at radius 2 is 1.96 bits per heavy atom. The second kappa shape index (κ2) is 8.16. The van der Waals surface area contributed by atoms with Crippen LogP contribution in [0.3, 0.4) is 0 Å². The Labute approximate surface area is 149 Å². The number of piperidine rings is 1. The number of carbonyl (C=O) groups is 3. The van der Waals surface area contributed by atoms with Gasteiger partial charge in [0.2, 0.25) is 5.91 Å². The van der Waals surface area contributed by atoms with Gasteiger partial charge in [-0.15, -0.1) is 12.4 Å². The fourth-order valence-corrected chi connectivity index (χ4v) is 3.58. The molecule has 0 aliphatic carbocycles. The lowest BCUT2D eigenvalue weighted by Crippen LogP contribution is -2.53. The summed E-state index contributed by atoms with van der Waals surface area (Å²) in [4.78, 5) is 40.1. The van der Waals surface area contributed by atoms with Crippen molar-refractivity contribution in [1.82, 2.24) is 15.1 Å². The number of rotatable bonds is 5. The lowest BCUT2D eigenvalue weighted by molar-refractivity contribution is -0.141. The van der Waals surface area contributed by atoms with Crippen LogP contribution in [0.5, 0.6) is 0 Å². The Kier molecular flexibility index (Phi) is 7.04. The summed E-state index contributed by atoms with van der Waals surface area (Å²) in [7, 11) is 0. The van der Waals surface area contributed by atoms with Crippen LogP contribution in [-0.2, 0) is 9.59 Å². The fourth-order valence-electron chi connectivity index (χ4n) is 3.58. The van der Waals surface area contributed by atoms with Crippen LogP contribution in [0, 0.1) is 5.92 Å². The van der Waals surface area contributed by atoms with E-state index >= 15 is 0 Å². The van der Waals surface area contributed by atoms with Gasteiger partial charge in [-0.05, 0) is 31.6 Å². The Morgan fingerprint density at radius 3 is 2.46 bits per heavy atom. The van der Waals surface area contributed by atoms with Gasteiger partial charge in [-0.25, -0.2) is 4.79 Å². The normalized spacial score (nSPS) is 26.2. The quantitative estimate of drug-likeness (QED) is 0.718. The number of carbonyl (C=O) groups excluding carboxylic acids is 3. The van der Waals surface area contributed by atoms with E-state index in [1.54, 1.807) is 4.90 Å². The van der Waals surface area contributed by atoms with Gasteiger partial charge in [-0.1, -0.05) is 20.8 Å². The molecule has 2 rings (SSSR count). The molecule has 0 saturated carbocycles. The number of nitrogens with one attached hydrogen (secondary N) is 1. The number of nitrogens with two attached hydrogens (primary N) is 1. The highest BCUT2D eigenvalue weighted by Crippen LogP contribution is 2.26. The van der Waals surface area contributed by atoms with Gasteiger partial charge in [0, 0.05) is 19.1 Å². The number of likely N-dealkylation sites (tertiary alicyclic amines) is 1. The number of amides is 4. The van der Waals surface area contributed by atoms with E-state index in [0.717, 1.165) is 17.7 Å². The first-order chi connectivity index (χ1) is 10.9. The van der Waals surface area contributed by atoms with Crippen molar-refractivity contribution in [2.75, 3.05) is 19.6 Å². The first-order valence-electron chi connectivity index (χ1n) is 8.52. The zero-order valence-electron chi connectivity index (χ0n) is 14.7. The molecule has 8 heteroatoms. The highest BCUT2D eigenvalue weighted by molar-refractivity contribution is 6.09. The maximum Gasteiger partial charge on any atom is 0.325 e. The van der Waals surface area contributed by atoms with E-state index in [1.807, 2.05) is 13.8 Å². The van der Waals surface area contributed by atoms with Gasteiger partial charge >= 0.3 is 6.03 Å². The summed E-state index contributed by atoms with van der Waals surface area (Å²) in [6.45, 7) is 6.73. The minimum Gasteiger partial charge on any atom is -0.337 e. The average molecular weight is 361 g/mol. The largest absolute Gasteiger partial charge is 0.337 e. The van der Waals surface area contributed by atoms with Crippen molar-refractivity contribution in [1.29, 1.82) is 0 Å². The topological polar surface area (TPSA) is 95.7 Å². The zero-order valence-corrected chi connectivity index (χ0v) is 15.5. The van der Waals surface area contributed by atoms with Crippen molar-refractivity contribution in [2.45, 2.75) is 58.0 Å². The van der Waals surface area contributed by atoms with E-state index in [-0.39, 0.29) is 36.8 Å². The summed E-state index contributed by atoms with van der Waals surface area (Å²) < 4.78 is 0. The summed E-state index contributed by atoms with van der Waals surface area (Å²) in [6, 6.07) is -0.476. The highest BCUT2D eigenvalue weighted by Gasteiger charge is 2.49. The predicted molar refractivity (Wildman–Crippen MR) is 93.8 cm³/mol. The summed E-state index contributed by atoms with van der Waals surface area (Å²) in [6.07, 6.45) is 2.84. The van der Waals surface area contributed by atoms with Crippen LogP contribution >= 0.6 is 12.4 Å². The van der Waals surface area contributed by atoms with Crippen LogP contribution in [0.25, 0.3) is 0 Å². The molecular formula is C16H29ClN4O3. The van der Waals surface area contributed by atoms with Crippen LogP contribution in [0.2, 0.25) is 0 Å². The van der Waals surface area contributed by atoms with E-state index in [2.05, 4.69) is 12.2 Å². The molecule has 2 aliphatic rings. The molecular weight excluding hydrogens is 332 g/mol. The van der Waals surface area contributed by atoms with E-state index in [1.165, 1.54) is 0 Å². The minimum atomic E-state index is -0.860. The van der Waals surface area contributed by atoms with Gasteiger partial charge in [0.25, 0.3) is 5.91 Å². The van der Waals surface area contributed by atoms with Crippen LogP contribution in [0.4, 0.5) is 4.79 Å². The minimum absolute atomic E-state index is 0. The SMILES string of the molecule is CCC1(CC)NC(=O)N(CC(=O)N2CCC(C)CC2CN)C1=O.Cl. The maximum atomic E-state index is 12.6. The summed E-state index contributed by atoms with van der Waals surface area (Å²) >= 11 is 0. The predicted octanol–water partition coefficient (Wildman–Crippen LogP) is 1.10. The molecule has 138 valence electrons. The van der Waals surface area contributed by atoms with E-state index < -0.39 is 11.6 Å². The molecule has 0 aromatic rings. The summed E-state index contributed by atoms with van der Waals surface area (Å²) in [5.74, 6) is 0.0477. The molecule has 2 saturated heterocycles. The van der Waals surface area contributed by atoms with Crippen LogP contribution in [-0.4, -0.2) is 58.9 Å². The molecule has 2 heterocycles. The lowest BCUT2D eigenvalue weighted by Gasteiger charge is -2.38. The van der Waals surface area contributed by atoms with Gasteiger partial charge < -0.3 is 16.0 Å². The van der Waals surface area contributed by atoms with Crippen molar-refractivity contribution in [3.8, 4) is 0 Å². The molecule has 2 aliphatic heterocycles. The van der Waals surface area contributed by atoms with E-state index in [9.17, 15) is 14.4 Å². The second-order valence-electron chi connectivity index (χ2n) is 6.72. The molecule has 24 heavy (non-hydrogen) atoms. The molecule has 4 amide bonds. The third kappa shape index (κ3) is 3.67. The van der Waals surface area contributed by atoms with Gasteiger partial charge in [-0.3, -0.25) is 14.5 Å². The highest BCUT2D eigenvalue weighted by atomic mass is 35.5. The zero-order chi connectivity index (χ0) is 17.2. The Balaban J connectivity index is 0.00000288. The smallest absolute Gasteiger partial charge is 0.325 e. The van der Waals surface area contributed by atoms with E-state index in [4.69, 9.17) is 5.73 Å². The first-order valence-corrected chi connectivity index (χ1v) is 8.52. The molecule has 7 nitrogen and oxygen atoms in total. The third-order valence-electron chi connectivity index (χ3n) is 5.32. The van der Waals surface area contributed by atoms with Crippen LogP contribution in [0.1, 0.15) is 46.5 Å². The number of nitrogens with zero attached hydrogens (tertiary/aromatic N) is 2. The average Bonchev–Trinajstić information content (AvgIpc) is 2.79. The number of halogens is 1. The third-order valence-corrected chi connectivity index (χ3v) is 5.32. The standard InChI is InChI=1S/C16H28N4O3.ClH/c1-4-16(5-2)14(22)20(15(23)18-16)10-13(21)19-7-6-11(3)8-12(19)9-17;/h11-12H,4-10,17H2,1-3H3,(H,18,23);1H.